The van der Waals surface area contributed by atoms with Crippen LogP contribution < -0.4 is 10.5 Å². The molecule has 0 fully saturated rings. The van der Waals surface area contributed by atoms with E-state index < -0.39 is 35.7 Å². The highest BCUT2D eigenvalue weighted by Gasteiger charge is 2.47. The lowest BCUT2D eigenvalue weighted by Crippen LogP contribution is -2.46. The second-order valence-electron chi connectivity index (χ2n) is 8.72. The molecule has 33 heavy (non-hydrogen) atoms. The van der Waals surface area contributed by atoms with Gasteiger partial charge < -0.3 is 24.7 Å². The van der Waals surface area contributed by atoms with E-state index in [0.717, 1.165) is 4.90 Å². The van der Waals surface area contributed by atoms with Crippen molar-refractivity contribution >= 4 is 34.1 Å². The second-order valence-corrected chi connectivity index (χ2v) is 9.80. The highest BCUT2D eigenvalue weighted by Crippen LogP contribution is 2.44. The number of esters is 1. The number of rotatable bonds is 5. The monoisotopic (exact) mass is 474 g/mol. The van der Waals surface area contributed by atoms with Crippen molar-refractivity contribution < 1.29 is 33.3 Å². The predicted molar refractivity (Wildman–Crippen MR) is 121 cm³/mol. The van der Waals surface area contributed by atoms with Gasteiger partial charge in [0.1, 0.15) is 22.5 Å². The summed E-state index contributed by atoms with van der Waals surface area (Å²) in [6, 6.07) is 4.84. The molecule has 2 N–H and O–H groups in total. The molecule has 2 unspecified atom stereocenters. The molecule has 2 aliphatic rings. The molecule has 3 heterocycles. The van der Waals surface area contributed by atoms with E-state index >= 15 is 0 Å². The second kappa shape index (κ2) is 8.44. The molecule has 0 bridgehead atoms. The van der Waals surface area contributed by atoms with Crippen molar-refractivity contribution in [3.63, 3.8) is 0 Å². The molecule has 2 aliphatic heterocycles. The van der Waals surface area contributed by atoms with Crippen molar-refractivity contribution in [3.8, 4) is 5.75 Å². The largest absolute Gasteiger partial charge is 0.496 e. The number of carbonyl (C=O) groups excluding carboxylic acids is 3. The molecule has 176 valence electrons. The molecule has 0 aliphatic carbocycles. The number of methoxy groups -OCH3 is 2. The number of fused-ring (bicyclic) bond motifs is 2. The minimum Gasteiger partial charge on any atom is -0.496 e. The van der Waals surface area contributed by atoms with Gasteiger partial charge in [0.05, 0.1) is 30.4 Å². The van der Waals surface area contributed by atoms with Crippen molar-refractivity contribution in [1.82, 2.24) is 4.90 Å². The molecule has 2 atom stereocenters. The van der Waals surface area contributed by atoms with Crippen LogP contribution in [0.2, 0.25) is 0 Å². The number of thiophene rings is 1. The number of nitrogen functional groups attached to an aromatic ring is 1. The van der Waals surface area contributed by atoms with Crippen LogP contribution in [0.4, 0.5) is 5.00 Å². The van der Waals surface area contributed by atoms with Crippen LogP contribution in [0, 0.1) is 0 Å². The first-order valence-corrected chi connectivity index (χ1v) is 11.2. The summed E-state index contributed by atoms with van der Waals surface area (Å²) in [4.78, 5) is 41.0. The molecular formula is C23H26N2O7S. The van der Waals surface area contributed by atoms with E-state index in [1.165, 1.54) is 25.6 Å². The molecule has 1 aromatic heterocycles. The lowest BCUT2D eigenvalue weighted by Gasteiger charge is -2.34. The molecule has 10 heteroatoms. The number of imide groups is 1. The minimum absolute atomic E-state index is 0.184. The molecule has 4 rings (SSSR count). The highest BCUT2D eigenvalue weighted by molar-refractivity contribution is 7.16. The normalized spacial score (nSPS) is 18.7. The van der Waals surface area contributed by atoms with E-state index in [-0.39, 0.29) is 17.7 Å². The van der Waals surface area contributed by atoms with Crippen LogP contribution in [0.5, 0.6) is 5.75 Å². The van der Waals surface area contributed by atoms with Gasteiger partial charge >= 0.3 is 5.97 Å². The number of anilines is 1. The highest BCUT2D eigenvalue weighted by atomic mass is 32.1. The molecule has 2 aromatic rings. The van der Waals surface area contributed by atoms with Gasteiger partial charge in [0.25, 0.3) is 11.8 Å². The molecule has 0 spiro atoms. The van der Waals surface area contributed by atoms with Crippen LogP contribution in [0.15, 0.2) is 18.2 Å². The number of hydrogen-bond donors (Lipinski definition) is 1. The van der Waals surface area contributed by atoms with Crippen LogP contribution in [0.3, 0.4) is 0 Å². The number of amides is 2. The number of benzene rings is 1. The van der Waals surface area contributed by atoms with Crippen molar-refractivity contribution in [2.24, 2.45) is 0 Å². The summed E-state index contributed by atoms with van der Waals surface area (Å²) in [5.74, 6) is -1.25. The van der Waals surface area contributed by atoms with E-state index in [1.54, 1.807) is 39.0 Å². The Morgan fingerprint density at radius 3 is 2.61 bits per heavy atom. The Morgan fingerprint density at radius 1 is 1.24 bits per heavy atom. The minimum atomic E-state index is -1.06. The molecule has 0 saturated heterocycles. The van der Waals surface area contributed by atoms with Gasteiger partial charge in [0, 0.05) is 12.0 Å². The topological polar surface area (TPSA) is 117 Å². The van der Waals surface area contributed by atoms with E-state index in [0.29, 0.717) is 33.2 Å². The van der Waals surface area contributed by atoms with Gasteiger partial charge in [-0.15, -0.1) is 11.3 Å². The zero-order chi connectivity index (χ0) is 24.1. The average molecular weight is 475 g/mol. The third-order valence-corrected chi connectivity index (χ3v) is 6.58. The third-order valence-electron chi connectivity index (χ3n) is 5.46. The molecule has 1 aromatic carbocycles. The first-order chi connectivity index (χ1) is 15.6. The Balaban J connectivity index is 1.73. The first kappa shape index (κ1) is 23.2. The average Bonchev–Trinajstić information content (AvgIpc) is 3.22. The summed E-state index contributed by atoms with van der Waals surface area (Å²) >= 11 is 1.17. The SMILES string of the molecule is COc1cccc2c1C(=O)N(C(OC)C1OCCc3c1sc(N)c3C(=O)OC(C)(C)C)C2=O. The summed E-state index contributed by atoms with van der Waals surface area (Å²) in [6.07, 6.45) is -1.43. The Morgan fingerprint density at radius 2 is 1.97 bits per heavy atom. The van der Waals surface area contributed by atoms with Gasteiger partial charge in [0.2, 0.25) is 0 Å². The summed E-state index contributed by atoms with van der Waals surface area (Å²) in [7, 11) is 2.84. The lowest BCUT2D eigenvalue weighted by molar-refractivity contribution is -0.110. The quantitative estimate of drug-likeness (QED) is 0.519. The Kier molecular flexibility index (Phi) is 5.94. The molecule has 0 saturated carbocycles. The van der Waals surface area contributed by atoms with E-state index in [4.69, 9.17) is 24.7 Å². The maximum Gasteiger partial charge on any atom is 0.341 e. The fourth-order valence-electron chi connectivity index (χ4n) is 4.15. The van der Waals surface area contributed by atoms with Gasteiger partial charge in [0.15, 0.2) is 6.23 Å². The van der Waals surface area contributed by atoms with Crippen LogP contribution >= 0.6 is 11.3 Å². The Labute approximate surface area is 195 Å². The molecular weight excluding hydrogens is 448 g/mol. The van der Waals surface area contributed by atoms with E-state index in [9.17, 15) is 14.4 Å². The fourth-order valence-corrected chi connectivity index (χ4v) is 5.32. The van der Waals surface area contributed by atoms with Gasteiger partial charge in [-0.05, 0) is 44.9 Å². The van der Waals surface area contributed by atoms with Crippen LogP contribution in [0.25, 0.3) is 0 Å². The predicted octanol–water partition coefficient (Wildman–Crippen LogP) is 3.18. The molecule has 9 nitrogen and oxygen atoms in total. The van der Waals surface area contributed by atoms with Gasteiger partial charge in [-0.1, -0.05) is 6.07 Å². The summed E-state index contributed by atoms with van der Waals surface area (Å²) in [5.41, 5.74) is 6.95. The smallest absolute Gasteiger partial charge is 0.341 e. The molecule has 2 amide bonds. The van der Waals surface area contributed by atoms with E-state index in [1.807, 2.05) is 0 Å². The zero-order valence-corrected chi connectivity index (χ0v) is 19.9. The summed E-state index contributed by atoms with van der Waals surface area (Å²) in [6.45, 7) is 5.60. The first-order valence-electron chi connectivity index (χ1n) is 10.4. The van der Waals surface area contributed by atoms with Gasteiger partial charge in [-0.3, -0.25) is 9.59 Å². The van der Waals surface area contributed by atoms with Crippen molar-refractivity contribution in [3.05, 3.63) is 45.3 Å². The number of nitrogens with two attached hydrogens (primary N) is 1. The van der Waals surface area contributed by atoms with Crippen molar-refractivity contribution in [2.75, 3.05) is 26.6 Å². The number of nitrogens with zero attached hydrogens (tertiary/aromatic N) is 1. The van der Waals surface area contributed by atoms with Gasteiger partial charge in [-0.25, -0.2) is 9.69 Å². The third kappa shape index (κ3) is 3.88. The van der Waals surface area contributed by atoms with Crippen LogP contribution in [-0.4, -0.2) is 55.3 Å². The lowest BCUT2D eigenvalue weighted by atomic mass is 10.0. The van der Waals surface area contributed by atoms with Gasteiger partial charge in [-0.2, -0.15) is 0 Å². The summed E-state index contributed by atoms with van der Waals surface area (Å²) < 4.78 is 22.4. The van der Waals surface area contributed by atoms with Crippen molar-refractivity contribution in [2.45, 2.75) is 45.1 Å². The molecule has 0 radical (unpaired) electrons. The van der Waals surface area contributed by atoms with E-state index in [2.05, 4.69) is 0 Å². The standard InChI is InChI=1S/C23H26N2O7S/c1-23(2,3)32-22(28)15-11-9-10-31-16(17(11)33-18(15)24)21(30-5)25-19(26)12-7-6-8-13(29-4)14(12)20(25)27/h6-8,16,21H,9-10,24H2,1-5H3. The number of hydrogen-bond acceptors (Lipinski definition) is 9. The number of carbonyl (C=O) groups is 3. The Bertz CT molecular complexity index is 1130. The maximum atomic E-state index is 13.3. The zero-order valence-electron chi connectivity index (χ0n) is 19.1. The Hall–Kier alpha value is -2.95. The summed E-state index contributed by atoms with van der Waals surface area (Å²) in [5, 5.41) is 0.295. The van der Waals surface area contributed by atoms with Crippen LogP contribution in [0.1, 0.15) is 68.4 Å². The van der Waals surface area contributed by atoms with Crippen LogP contribution in [-0.2, 0) is 20.6 Å². The maximum absolute atomic E-state index is 13.3. The fraction of sp³-hybridized carbons (Fsp3) is 0.435. The van der Waals surface area contributed by atoms with Crippen molar-refractivity contribution in [1.29, 1.82) is 0 Å². The number of ether oxygens (including phenoxy) is 4.